The fraction of sp³-hybridized carbons (Fsp3) is 0.250. The third-order valence-electron chi connectivity index (χ3n) is 6.14. The van der Waals surface area contributed by atoms with Gasteiger partial charge in [0, 0.05) is 26.6 Å². The van der Waals surface area contributed by atoms with Crippen LogP contribution in [0, 0.1) is 0 Å². The van der Waals surface area contributed by atoms with Gasteiger partial charge in [-0.15, -0.1) is 11.3 Å². The molecule has 2 aliphatic rings. The zero-order valence-corrected chi connectivity index (χ0v) is 23.6. The number of hydrogen-bond acceptors (Lipinski definition) is 8. The van der Waals surface area contributed by atoms with E-state index in [1.54, 1.807) is 0 Å². The molecule has 43 heavy (non-hydrogen) atoms. The molecule has 0 saturated heterocycles. The number of rotatable bonds is 4. The number of alkyl halides is 6. The molecule has 0 spiro atoms. The summed E-state index contributed by atoms with van der Waals surface area (Å²) in [6.45, 7) is -1.02. The van der Waals surface area contributed by atoms with Crippen molar-refractivity contribution in [1.29, 1.82) is 0 Å². The molecule has 10 nitrogen and oxygen atoms in total. The second-order valence-electron chi connectivity index (χ2n) is 8.72. The predicted octanol–water partition coefficient (Wildman–Crippen LogP) is 6.38. The van der Waals surface area contributed by atoms with Crippen molar-refractivity contribution in [3.05, 3.63) is 74.2 Å². The number of halogens is 8. The van der Waals surface area contributed by atoms with E-state index in [1.165, 1.54) is 35.2 Å². The van der Waals surface area contributed by atoms with Crippen LogP contribution in [-0.2, 0) is 20.8 Å². The average molecular weight is 672 g/mol. The smallest absolute Gasteiger partial charge is 0.426 e. The van der Waals surface area contributed by atoms with Crippen LogP contribution in [0.4, 0.5) is 47.3 Å². The Morgan fingerprint density at radius 1 is 0.930 bits per heavy atom. The number of amides is 3. The molecule has 230 valence electrons. The lowest BCUT2D eigenvalue weighted by atomic mass is 9.89. The van der Waals surface area contributed by atoms with Gasteiger partial charge in [-0.05, 0) is 43.4 Å². The molecular formula is C24H17Cl2F6N5O5S. The topological polar surface area (TPSA) is 131 Å². The summed E-state index contributed by atoms with van der Waals surface area (Å²) < 4.78 is 90.1. The molecule has 2 unspecified atom stereocenters. The first-order valence-electron chi connectivity index (χ1n) is 11.6. The Morgan fingerprint density at radius 3 is 2.00 bits per heavy atom. The highest BCUT2D eigenvalue weighted by Crippen LogP contribution is 2.48. The quantitative estimate of drug-likeness (QED) is 0.237. The van der Waals surface area contributed by atoms with E-state index in [2.05, 4.69) is 30.4 Å². The van der Waals surface area contributed by atoms with Gasteiger partial charge in [-0.1, -0.05) is 23.2 Å². The van der Waals surface area contributed by atoms with Crippen molar-refractivity contribution in [2.75, 3.05) is 24.2 Å². The van der Waals surface area contributed by atoms with Crippen molar-refractivity contribution in [2.24, 2.45) is 0 Å². The number of nitrogens with zero attached hydrogens (tertiary/aromatic N) is 1. The fourth-order valence-corrected chi connectivity index (χ4v) is 5.03. The number of hydrogen-bond donors (Lipinski definition) is 4. The molecular weight excluding hydrogens is 655 g/mol. The molecule has 2 aliphatic heterocycles. The Kier molecular flexibility index (Phi) is 8.74. The summed E-state index contributed by atoms with van der Waals surface area (Å²) in [5, 5.41) is 10.0. The van der Waals surface area contributed by atoms with Gasteiger partial charge >= 0.3 is 24.5 Å². The molecule has 3 amide bonds. The van der Waals surface area contributed by atoms with Gasteiger partial charge in [0.15, 0.2) is 0 Å². The van der Waals surface area contributed by atoms with Crippen LogP contribution in [-0.4, -0.2) is 49.0 Å². The molecule has 2 aromatic carbocycles. The van der Waals surface area contributed by atoms with Crippen molar-refractivity contribution < 1.29 is 50.2 Å². The van der Waals surface area contributed by atoms with Crippen molar-refractivity contribution in [2.45, 2.75) is 23.7 Å². The predicted molar refractivity (Wildman–Crippen MR) is 142 cm³/mol. The Hall–Kier alpha value is -3.80. The summed E-state index contributed by atoms with van der Waals surface area (Å²) in [5.41, 5.74) is -5.40. The van der Waals surface area contributed by atoms with Crippen LogP contribution >= 0.6 is 34.5 Å². The minimum atomic E-state index is -5.00. The second kappa shape index (κ2) is 11.7. The van der Waals surface area contributed by atoms with E-state index in [0.29, 0.717) is 0 Å². The van der Waals surface area contributed by atoms with Gasteiger partial charge in [0.2, 0.25) is 0 Å². The van der Waals surface area contributed by atoms with E-state index in [1.807, 2.05) is 5.32 Å². The molecule has 2 atom stereocenters. The number of benzene rings is 2. The maximum Gasteiger partial charge on any atom is 0.447 e. The van der Waals surface area contributed by atoms with Crippen LogP contribution in [0.2, 0.25) is 10.0 Å². The van der Waals surface area contributed by atoms with Gasteiger partial charge in [0.25, 0.3) is 17.2 Å². The zero-order valence-electron chi connectivity index (χ0n) is 21.2. The highest BCUT2D eigenvalue weighted by Gasteiger charge is 2.63. The van der Waals surface area contributed by atoms with Crippen LogP contribution in [0.1, 0.15) is 21.6 Å². The minimum absolute atomic E-state index is 0.00215. The van der Waals surface area contributed by atoms with E-state index in [-0.39, 0.29) is 32.7 Å². The first-order chi connectivity index (χ1) is 20.0. The normalized spacial score (nSPS) is 21.0. The Labute approximate surface area is 251 Å². The monoisotopic (exact) mass is 671 g/mol. The van der Waals surface area contributed by atoms with Crippen LogP contribution in [0.15, 0.2) is 47.3 Å². The van der Waals surface area contributed by atoms with Crippen LogP contribution in [0.25, 0.3) is 0 Å². The lowest BCUT2D eigenvalue weighted by molar-refractivity contribution is -0.275. The molecule has 0 fully saturated rings. The number of fused-ring (bicyclic) bond motifs is 2. The van der Waals surface area contributed by atoms with E-state index < -0.39 is 53.9 Å². The largest absolute Gasteiger partial charge is 0.447 e. The number of cyclic esters (lactones) is 2. The molecule has 3 aromatic rings. The Bertz CT molecular complexity index is 1560. The summed E-state index contributed by atoms with van der Waals surface area (Å²) in [6, 6.07) is 7.37. The Balaban J connectivity index is 0.000000208. The molecule has 4 N–H and O–H groups in total. The van der Waals surface area contributed by atoms with Crippen molar-refractivity contribution in [3.8, 4) is 0 Å². The fourth-order valence-electron chi connectivity index (χ4n) is 4.15. The van der Waals surface area contributed by atoms with Crippen molar-refractivity contribution in [3.63, 3.8) is 0 Å². The van der Waals surface area contributed by atoms with Gasteiger partial charge in [-0.3, -0.25) is 20.7 Å². The maximum atomic E-state index is 13.9. The standard InChI is InChI=1S/C14H9ClF3N3O3S.C10H8ClF3N2O2/c15-7-1-2-9-8(3-7)13(14(16,17)18,24-12(23)21-9)5-19-11(22)10-4-25-6-20-10;1-15-9(10(12,13)14)6-4-5(11)2-3-7(6)16-8(17)18-9/h1-4,6H,5H2,(H,19,22)(H,21,23);2-4,15H,1H3,(H,16,17). The number of aromatic nitrogens is 1. The van der Waals surface area contributed by atoms with Gasteiger partial charge in [-0.2, -0.15) is 26.3 Å². The lowest BCUT2D eigenvalue weighted by Crippen LogP contribution is -2.58. The number of ether oxygens (including phenoxy) is 2. The van der Waals surface area contributed by atoms with E-state index in [4.69, 9.17) is 23.2 Å². The molecule has 5 rings (SSSR count). The molecule has 19 heteroatoms. The van der Waals surface area contributed by atoms with E-state index in [0.717, 1.165) is 30.5 Å². The molecule has 3 heterocycles. The number of carbonyl (C=O) groups excluding carboxylic acids is 3. The zero-order chi connectivity index (χ0) is 31.8. The number of anilines is 2. The highest BCUT2D eigenvalue weighted by molar-refractivity contribution is 7.07. The Morgan fingerprint density at radius 2 is 1.49 bits per heavy atom. The molecule has 0 radical (unpaired) electrons. The third kappa shape index (κ3) is 6.15. The van der Waals surface area contributed by atoms with Crippen molar-refractivity contribution in [1.82, 2.24) is 15.6 Å². The van der Waals surface area contributed by atoms with Gasteiger partial charge in [-0.25, -0.2) is 14.6 Å². The summed E-state index contributed by atoms with van der Waals surface area (Å²) >= 11 is 12.6. The van der Waals surface area contributed by atoms with Crippen LogP contribution < -0.4 is 21.3 Å². The SMILES string of the molecule is CNC1(C(F)(F)F)OC(=O)Nc2ccc(Cl)cc21.O=C1Nc2ccc(Cl)cc2C(CNC(=O)c2cscn2)(C(F)(F)F)O1. The van der Waals surface area contributed by atoms with E-state index >= 15 is 0 Å². The molecule has 0 saturated carbocycles. The summed E-state index contributed by atoms with van der Waals surface area (Å²) in [7, 11) is 1.05. The first kappa shape index (κ1) is 32.1. The average Bonchev–Trinajstić information content (AvgIpc) is 3.46. The highest BCUT2D eigenvalue weighted by atomic mass is 35.5. The summed E-state index contributed by atoms with van der Waals surface area (Å²) in [5.74, 6) is -0.817. The van der Waals surface area contributed by atoms with Gasteiger partial charge in [0.05, 0.1) is 23.4 Å². The maximum absolute atomic E-state index is 13.9. The van der Waals surface area contributed by atoms with E-state index in [9.17, 15) is 40.7 Å². The molecule has 1 aromatic heterocycles. The third-order valence-corrected chi connectivity index (χ3v) is 7.19. The van der Waals surface area contributed by atoms with Crippen molar-refractivity contribution >= 4 is 64.0 Å². The lowest BCUT2D eigenvalue weighted by Gasteiger charge is -2.39. The summed E-state index contributed by atoms with van der Waals surface area (Å²) in [4.78, 5) is 38.6. The number of thiazole rings is 1. The van der Waals surface area contributed by atoms with Crippen LogP contribution in [0.5, 0.6) is 0 Å². The number of carbonyl (C=O) groups is 3. The minimum Gasteiger partial charge on any atom is -0.426 e. The number of nitrogens with one attached hydrogen (secondary N) is 4. The first-order valence-corrected chi connectivity index (χ1v) is 13.3. The van der Waals surface area contributed by atoms with Gasteiger partial charge in [0.1, 0.15) is 5.69 Å². The summed E-state index contributed by atoms with van der Waals surface area (Å²) in [6.07, 6.45) is -12.3. The van der Waals surface area contributed by atoms with Gasteiger partial charge < -0.3 is 14.8 Å². The molecule has 0 aliphatic carbocycles. The second-order valence-corrected chi connectivity index (χ2v) is 10.3. The molecule has 0 bridgehead atoms. The van der Waals surface area contributed by atoms with Crippen LogP contribution in [0.3, 0.4) is 0 Å².